The van der Waals surface area contributed by atoms with Crippen molar-refractivity contribution in [2.75, 3.05) is 4.90 Å². The zero-order chi connectivity index (χ0) is 49.2. The van der Waals surface area contributed by atoms with E-state index in [0.29, 0.717) is 0 Å². The zero-order valence-electron chi connectivity index (χ0n) is 40.6. The minimum atomic E-state index is -0.669. The number of benzene rings is 12. The molecule has 0 amide bonds. The molecule has 74 heavy (non-hydrogen) atoms. The maximum Gasteiger partial charge on any atom is 0.127 e. The molecular formula is C71H48N2O. The third kappa shape index (κ3) is 7.04. The van der Waals surface area contributed by atoms with Crippen LogP contribution >= 0.6 is 0 Å². The second-order valence-corrected chi connectivity index (χ2v) is 19.3. The molecule has 0 N–H and O–H groups in total. The lowest BCUT2D eigenvalue weighted by molar-refractivity contribution is 0.482. The molecule has 1 aliphatic rings. The van der Waals surface area contributed by atoms with Gasteiger partial charge in [0.2, 0.25) is 0 Å². The predicted octanol–water partition coefficient (Wildman–Crippen LogP) is 19.0. The topological polar surface area (TPSA) is 17.4 Å². The molecular weight excluding hydrogens is 897 g/mol. The van der Waals surface area contributed by atoms with Crippen LogP contribution in [0.5, 0.6) is 11.5 Å². The van der Waals surface area contributed by atoms with Gasteiger partial charge in [0.15, 0.2) is 0 Å². The third-order valence-electron chi connectivity index (χ3n) is 15.2. The van der Waals surface area contributed by atoms with Crippen LogP contribution in [0, 0.1) is 0 Å². The second-order valence-electron chi connectivity index (χ2n) is 19.3. The SMILES string of the molecule is C=Cc1ccc(Oc2ccc(C3(c4ccc5ccccc5c4)c4ccccc4-c4ccc(N(c5ccc(-c6ccc7c(c6)c6ccccc6n7-c6ccccc6)cc5)c5ccc6ccccc6c5)cc43)cc2)cc1. The number of aromatic nitrogens is 1. The average molecular weight is 945 g/mol. The van der Waals surface area contributed by atoms with Crippen LogP contribution in [-0.2, 0) is 5.41 Å². The molecule has 1 aliphatic carbocycles. The third-order valence-corrected chi connectivity index (χ3v) is 15.2. The lowest BCUT2D eigenvalue weighted by Gasteiger charge is -2.35. The van der Waals surface area contributed by atoms with Gasteiger partial charge in [0.05, 0.1) is 16.4 Å². The monoisotopic (exact) mass is 944 g/mol. The van der Waals surface area contributed by atoms with Crippen LogP contribution in [-0.4, -0.2) is 4.57 Å². The Balaban J connectivity index is 0.932. The van der Waals surface area contributed by atoms with E-state index in [1.807, 2.05) is 30.3 Å². The van der Waals surface area contributed by atoms with E-state index in [1.165, 1.54) is 76.7 Å². The Bertz CT molecular complexity index is 4280. The first kappa shape index (κ1) is 43.1. The Morgan fingerprint density at radius 2 is 0.946 bits per heavy atom. The second kappa shape index (κ2) is 17.6. The molecule has 3 nitrogen and oxygen atoms in total. The fourth-order valence-electron chi connectivity index (χ4n) is 11.8. The minimum absolute atomic E-state index is 0.669. The lowest BCUT2D eigenvalue weighted by atomic mass is 9.67. The van der Waals surface area contributed by atoms with Crippen LogP contribution < -0.4 is 9.64 Å². The summed E-state index contributed by atoms with van der Waals surface area (Å²) < 4.78 is 8.83. The Labute approximate surface area is 430 Å². The molecule has 13 aromatic rings. The average Bonchev–Trinajstić information content (AvgIpc) is 3.96. The Hall–Kier alpha value is -9.70. The van der Waals surface area contributed by atoms with Gasteiger partial charge in [0.25, 0.3) is 0 Å². The predicted molar refractivity (Wildman–Crippen MR) is 310 cm³/mol. The molecule has 12 aromatic carbocycles. The minimum Gasteiger partial charge on any atom is -0.457 e. The van der Waals surface area contributed by atoms with Gasteiger partial charge in [-0.1, -0.05) is 189 Å². The van der Waals surface area contributed by atoms with Crippen molar-refractivity contribution in [2.24, 2.45) is 0 Å². The van der Waals surface area contributed by atoms with Crippen molar-refractivity contribution in [1.82, 2.24) is 4.57 Å². The molecule has 1 atom stereocenters. The fourth-order valence-corrected chi connectivity index (χ4v) is 11.8. The molecule has 14 rings (SSSR count). The van der Waals surface area contributed by atoms with Gasteiger partial charge in [-0.3, -0.25) is 0 Å². The number of anilines is 3. The Morgan fingerprint density at radius 3 is 1.72 bits per heavy atom. The van der Waals surface area contributed by atoms with Crippen LogP contribution in [0.2, 0.25) is 0 Å². The van der Waals surface area contributed by atoms with E-state index in [4.69, 9.17) is 4.74 Å². The van der Waals surface area contributed by atoms with Crippen molar-refractivity contribution in [2.45, 2.75) is 5.41 Å². The summed E-state index contributed by atoms with van der Waals surface area (Å²) >= 11 is 0. The maximum absolute atomic E-state index is 6.46. The van der Waals surface area contributed by atoms with E-state index in [2.05, 4.69) is 265 Å². The van der Waals surface area contributed by atoms with Gasteiger partial charge in [0, 0.05) is 33.5 Å². The summed E-state index contributed by atoms with van der Waals surface area (Å²) in [5.74, 6) is 1.56. The molecule has 0 aliphatic heterocycles. The quantitative estimate of drug-likeness (QED) is 0.136. The van der Waals surface area contributed by atoms with Gasteiger partial charge in [-0.25, -0.2) is 0 Å². The highest BCUT2D eigenvalue weighted by Gasteiger charge is 2.46. The maximum atomic E-state index is 6.46. The Morgan fingerprint density at radius 1 is 0.378 bits per heavy atom. The van der Waals surface area contributed by atoms with Gasteiger partial charge in [-0.15, -0.1) is 0 Å². The number of rotatable bonds is 10. The number of fused-ring (bicyclic) bond motifs is 8. The number of hydrogen-bond acceptors (Lipinski definition) is 2. The molecule has 0 fully saturated rings. The fraction of sp³-hybridized carbons (Fsp3) is 0.0141. The first-order chi connectivity index (χ1) is 36.6. The molecule has 3 heteroatoms. The first-order valence-corrected chi connectivity index (χ1v) is 25.3. The zero-order valence-corrected chi connectivity index (χ0v) is 40.6. The van der Waals surface area contributed by atoms with Crippen LogP contribution in [0.4, 0.5) is 17.1 Å². The van der Waals surface area contributed by atoms with E-state index in [0.717, 1.165) is 50.9 Å². The molecule has 0 radical (unpaired) electrons. The summed E-state index contributed by atoms with van der Waals surface area (Å²) in [6.07, 6.45) is 1.85. The first-order valence-electron chi connectivity index (χ1n) is 25.3. The van der Waals surface area contributed by atoms with Crippen LogP contribution in [0.15, 0.2) is 280 Å². The highest BCUT2D eigenvalue weighted by molar-refractivity contribution is 6.10. The van der Waals surface area contributed by atoms with Crippen molar-refractivity contribution < 1.29 is 4.74 Å². The van der Waals surface area contributed by atoms with Crippen molar-refractivity contribution in [3.05, 3.63) is 307 Å². The molecule has 0 bridgehead atoms. The summed E-state index contributed by atoms with van der Waals surface area (Å²) in [5.41, 5.74) is 16.8. The number of ether oxygens (including phenoxy) is 1. The summed E-state index contributed by atoms with van der Waals surface area (Å²) in [6, 6.07) is 99.4. The largest absolute Gasteiger partial charge is 0.457 e. The van der Waals surface area contributed by atoms with Crippen LogP contribution in [0.25, 0.3) is 77.4 Å². The Kier molecular flexibility index (Phi) is 10.2. The van der Waals surface area contributed by atoms with Gasteiger partial charge in [0.1, 0.15) is 11.5 Å². The number of nitrogens with zero attached hydrogens (tertiary/aromatic N) is 2. The molecule has 1 heterocycles. The van der Waals surface area contributed by atoms with E-state index in [1.54, 1.807) is 0 Å². The molecule has 1 unspecified atom stereocenters. The number of hydrogen-bond donors (Lipinski definition) is 0. The molecule has 0 spiro atoms. The van der Waals surface area contributed by atoms with Crippen molar-refractivity contribution in [3.63, 3.8) is 0 Å². The standard InChI is InChI=1S/C71H48N2O/c1-2-48-24-38-61(39-25-48)74-62-40-32-55(33-41-62)71(56-31-26-49-14-6-8-16-52(49)44-56)67-22-12-10-20-63(67)64-42-37-60(47-68(64)71)72(59-36-29-50-15-7-9-17-53(50)45-59)58-34-27-51(28-35-58)54-30-43-70-66(46-54)65-21-11-13-23-69(65)73(70)57-18-4-3-5-19-57/h2-47H,1H2. The van der Waals surface area contributed by atoms with Gasteiger partial charge in [-0.2, -0.15) is 0 Å². The highest BCUT2D eigenvalue weighted by Crippen LogP contribution is 2.58. The van der Waals surface area contributed by atoms with E-state index >= 15 is 0 Å². The smallest absolute Gasteiger partial charge is 0.127 e. The molecule has 0 saturated heterocycles. The summed E-state index contributed by atoms with van der Waals surface area (Å²) in [7, 11) is 0. The summed E-state index contributed by atoms with van der Waals surface area (Å²) in [6.45, 7) is 3.92. The van der Waals surface area contributed by atoms with Gasteiger partial charge in [-0.05, 0) is 169 Å². The number of para-hydroxylation sites is 2. The van der Waals surface area contributed by atoms with Gasteiger partial charge >= 0.3 is 0 Å². The lowest BCUT2D eigenvalue weighted by Crippen LogP contribution is -2.28. The van der Waals surface area contributed by atoms with Crippen molar-refractivity contribution in [1.29, 1.82) is 0 Å². The van der Waals surface area contributed by atoms with E-state index in [-0.39, 0.29) is 0 Å². The van der Waals surface area contributed by atoms with Crippen molar-refractivity contribution in [3.8, 4) is 39.4 Å². The van der Waals surface area contributed by atoms with Crippen molar-refractivity contribution >= 4 is 66.5 Å². The van der Waals surface area contributed by atoms with Gasteiger partial charge < -0.3 is 14.2 Å². The molecule has 0 saturated carbocycles. The molecule has 348 valence electrons. The normalized spacial score (nSPS) is 13.8. The summed E-state index contributed by atoms with van der Waals surface area (Å²) in [5, 5.41) is 7.28. The molecule has 1 aromatic heterocycles. The van der Waals surface area contributed by atoms with E-state index in [9.17, 15) is 0 Å². The summed E-state index contributed by atoms with van der Waals surface area (Å²) in [4.78, 5) is 2.43. The highest BCUT2D eigenvalue weighted by atomic mass is 16.5. The van der Waals surface area contributed by atoms with E-state index < -0.39 is 5.41 Å². The van der Waals surface area contributed by atoms with Crippen LogP contribution in [0.1, 0.15) is 27.8 Å². The van der Waals surface area contributed by atoms with Crippen LogP contribution in [0.3, 0.4) is 0 Å².